The number of rotatable bonds is 4. The van der Waals surface area contributed by atoms with Gasteiger partial charge in [0.15, 0.2) is 0 Å². The Morgan fingerprint density at radius 2 is 2.12 bits per heavy atom. The molecule has 1 aromatic rings. The molecule has 7 nitrogen and oxygen atoms in total. The number of H-pyrrole nitrogens is 1. The molecule has 0 radical (unpaired) electrons. The first-order valence-electron chi connectivity index (χ1n) is 5.45. The van der Waals surface area contributed by atoms with E-state index in [-0.39, 0.29) is 5.82 Å². The molecule has 0 bridgehead atoms. The van der Waals surface area contributed by atoms with Crippen LogP contribution in [0.15, 0.2) is 0 Å². The Morgan fingerprint density at radius 3 is 2.65 bits per heavy atom. The van der Waals surface area contributed by atoms with E-state index in [4.69, 9.17) is 5.73 Å². The quantitative estimate of drug-likeness (QED) is 0.665. The second kappa shape index (κ2) is 3.83. The van der Waals surface area contributed by atoms with Crippen LogP contribution in [0.3, 0.4) is 0 Å². The fourth-order valence-electron chi connectivity index (χ4n) is 1.32. The largest absolute Gasteiger partial charge is 0.368 e. The van der Waals surface area contributed by atoms with Gasteiger partial charge in [0.1, 0.15) is 11.4 Å². The Bertz CT molecular complexity index is 461. The van der Waals surface area contributed by atoms with Gasteiger partial charge in [-0.3, -0.25) is 14.7 Å². The summed E-state index contributed by atoms with van der Waals surface area (Å²) in [6, 6.07) is 0. The van der Waals surface area contributed by atoms with Gasteiger partial charge in [-0.15, -0.1) is 5.10 Å². The highest BCUT2D eigenvalue weighted by atomic mass is 16.2. The lowest BCUT2D eigenvalue weighted by Gasteiger charge is -2.20. The first-order chi connectivity index (χ1) is 7.90. The van der Waals surface area contributed by atoms with E-state index in [0.29, 0.717) is 5.92 Å². The van der Waals surface area contributed by atoms with E-state index < -0.39 is 17.4 Å². The van der Waals surface area contributed by atoms with Crippen molar-refractivity contribution in [1.82, 2.24) is 20.5 Å². The van der Waals surface area contributed by atoms with Crippen molar-refractivity contribution in [3.63, 3.8) is 0 Å². The number of hydrogen-bond acceptors (Lipinski definition) is 4. The minimum Gasteiger partial charge on any atom is -0.368 e. The van der Waals surface area contributed by atoms with Crippen molar-refractivity contribution < 1.29 is 9.59 Å². The minimum absolute atomic E-state index is 0.0428. The Balaban J connectivity index is 2.06. The van der Waals surface area contributed by atoms with Crippen LogP contribution in [0.1, 0.15) is 49.1 Å². The number of aromatic nitrogens is 3. The van der Waals surface area contributed by atoms with E-state index >= 15 is 0 Å². The van der Waals surface area contributed by atoms with Crippen molar-refractivity contribution in [3.8, 4) is 0 Å². The summed E-state index contributed by atoms with van der Waals surface area (Å²) < 4.78 is 0. The molecule has 1 aliphatic rings. The Hall–Kier alpha value is -1.92. The van der Waals surface area contributed by atoms with Crippen molar-refractivity contribution in [2.45, 2.75) is 38.1 Å². The predicted molar refractivity (Wildman–Crippen MR) is 59.1 cm³/mol. The van der Waals surface area contributed by atoms with Crippen molar-refractivity contribution in [2.75, 3.05) is 0 Å². The van der Waals surface area contributed by atoms with E-state index in [1.165, 1.54) is 13.8 Å². The summed E-state index contributed by atoms with van der Waals surface area (Å²) in [5.74, 6) is 0.0576. The van der Waals surface area contributed by atoms with E-state index in [2.05, 4.69) is 20.5 Å². The van der Waals surface area contributed by atoms with Gasteiger partial charge in [-0.1, -0.05) is 0 Å². The molecule has 17 heavy (non-hydrogen) atoms. The van der Waals surface area contributed by atoms with Gasteiger partial charge < -0.3 is 11.1 Å². The third kappa shape index (κ3) is 2.43. The molecule has 0 unspecified atom stereocenters. The number of amides is 2. The minimum atomic E-state index is -1.11. The number of nitrogens with two attached hydrogens (primary N) is 1. The molecular formula is C10H15N5O2. The molecule has 2 amide bonds. The zero-order chi connectivity index (χ0) is 12.6. The molecule has 2 rings (SSSR count). The molecular weight excluding hydrogens is 222 g/mol. The average Bonchev–Trinajstić information content (AvgIpc) is 2.95. The highest BCUT2D eigenvalue weighted by Gasteiger charge is 2.31. The molecule has 1 heterocycles. The summed E-state index contributed by atoms with van der Waals surface area (Å²) in [4.78, 5) is 26.9. The van der Waals surface area contributed by atoms with Gasteiger partial charge in [0.25, 0.3) is 5.91 Å². The normalized spacial score (nSPS) is 15.6. The Morgan fingerprint density at radius 1 is 1.47 bits per heavy atom. The zero-order valence-corrected chi connectivity index (χ0v) is 9.78. The molecule has 0 spiro atoms. The number of carbonyl (C=O) groups is 2. The number of aromatic amines is 1. The maximum Gasteiger partial charge on any atom is 0.291 e. The lowest BCUT2D eigenvalue weighted by atomic mass is 10.1. The van der Waals surface area contributed by atoms with Crippen molar-refractivity contribution >= 4 is 11.8 Å². The first kappa shape index (κ1) is 11.6. The second-order valence-corrected chi connectivity index (χ2v) is 4.76. The number of primary amides is 1. The molecule has 0 aromatic carbocycles. The van der Waals surface area contributed by atoms with Crippen LogP contribution in [0.4, 0.5) is 0 Å². The van der Waals surface area contributed by atoms with E-state index in [1.54, 1.807) is 0 Å². The molecule has 1 saturated carbocycles. The van der Waals surface area contributed by atoms with Crippen LogP contribution in [-0.4, -0.2) is 32.5 Å². The average molecular weight is 237 g/mol. The number of carbonyl (C=O) groups excluding carboxylic acids is 2. The van der Waals surface area contributed by atoms with Crippen molar-refractivity contribution in [3.05, 3.63) is 11.6 Å². The molecule has 4 N–H and O–H groups in total. The highest BCUT2D eigenvalue weighted by molar-refractivity contribution is 5.96. The SMILES string of the molecule is CC(C)(NC(=O)c1n[nH]c(C2CC2)n1)C(N)=O. The second-order valence-electron chi connectivity index (χ2n) is 4.76. The molecule has 0 saturated heterocycles. The lowest BCUT2D eigenvalue weighted by Crippen LogP contribution is -2.53. The van der Waals surface area contributed by atoms with Gasteiger partial charge >= 0.3 is 0 Å². The molecule has 1 aliphatic carbocycles. The first-order valence-corrected chi connectivity index (χ1v) is 5.45. The summed E-state index contributed by atoms with van der Waals surface area (Å²) in [7, 11) is 0. The van der Waals surface area contributed by atoms with Crippen LogP contribution in [-0.2, 0) is 4.79 Å². The maximum absolute atomic E-state index is 11.8. The van der Waals surface area contributed by atoms with Gasteiger partial charge in [0, 0.05) is 5.92 Å². The standard InChI is InChI=1S/C10H15N5O2/c1-10(2,9(11)17)13-8(16)7-12-6(14-15-7)5-3-4-5/h5H,3-4H2,1-2H3,(H2,11,17)(H,13,16)(H,12,14,15). The van der Waals surface area contributed by atoms with Crippen LogP contribution in [0.2, 0.25) is 0 Å². The molecule has 1 aromatic heterocycles. The fourth-order valence-corrected chi connectivity index (χ4v) is 1.32. The molecule has 92 valence electrons. The fraction of sp³-hybridized carbons (Fsp3) is 0.600. The summed E-state index contributed by atoms with van der Waals surface area (Å²) in [5, 5.41) is 9.03. The predicted octanol–water partition coefficient (Wildman–Crippen LogP) is -0.324. The van der Waals surface area contributed by atoms with Crippen LogP contribution in [0.25, 0.3) is 0 Å². The number of nitrogens with zero attached hydrogens (tertiary/aromatic N) is 2. The van der Waals surface area contributed by atoms with E-state index in [9.17, 15) is 9.59 Å². The zero-order valence-electron chi connectivity index (χ0n) is 9.78. The number of nitrogens with one attached hydrogen (secondary N) is 2. The molecule has 0 atom stereocenters. The van der Waals surface area contributed by atoms with E-state index in [1.807, 2.05) is 0 Å². The van der Waals surface area contributed by atoms with Crippen molar-refractivity contribution in [2.24, 2.45) is 5.73 Å². The highest BCUT2D eigenvalue weighted by Crippen LogP contribution is 2.37. The van der Waals surface area contributed by atoms with Gasteiger partial charge in [-0.2, -0.15) is 0 Å². The third-order valence-corrected chi connectivity index (χ3v) is 2.71. The van der Waals surface area contributed by atoms with Crippen LogP contribution in [0, 0.1) is 0 Å². The topological polar surface area (TPSA) is 114 Å². The van der Waals surface area contributed by atoms with E-state index in [0.717, 1.165) is 18.7 Å². The van der Waals surface area contributed by atoms with Crippen LogP contribution < -0.4 is 11.1 Å². The van der Waals surface area contributed by atoms with Crippen molar-refractivity contribution in [1.29, 1.82) is 0 Å². The van der Waals surface area contributed by atoms with Gasteiger partial charge in [0.05, 0.1) is 0 Å². The maximum atomic E-state index is 11.8. The summed E-state index contributed by atoms with van der Waals surface area (Å²) in [6.45, 7) is 3.06. The lowest BCUT2D eigenvalue weighted by molar-refractivity contribution is -0.122. The van der Waals surface area contributed by atoms with Crippen LogP contribution >= 0.6 is 0 Å². The van der Waals surface area contributed by atoms with Gasteiger partial charge in [0.2, 0.25) is 11.7 Å². The summed E-state index contributed by atoms with van der Waals surface area (Å²) in [6.07, 6.45) is 2.14. The molecule has 0 aliphatic heterocycles. The Labute approximate surface area is 98.2 Å². The summed E-state index contributed by atoms with van der Waals surface area (Å²) in [5.41, 5.74) is 4.04. The summed E-state index contributed by atoms with van der Waals surface area (Å²) >= 11 is 0. The third-order valence-electron chi connectivity index (χ3n) is 2.71. The molecule has 7 heteroatoms. The smallest absolute Gasteiger partial charge is 0.291 e. The van der Waals surface area contributed by atoms with Gasteiger partial charge in [-0.25, -0.2) is 4.98 Å². The van der Waals surface area contributed by atoms with Crippen LogP contribution in [0.5, 0.6) is 0 Å². The number of hydrogen-bond donors (Lipinski definition) is 3. The monoisotopic (exact) mass is 237 g/mol. The van der Waals surface area contributed by atoms with Gasteiger partial charge in [-0.05, 0) is 26.7 Å². The molecule has 1 fully saturated rings. The Kier molecular flexibility index (Phi) is 2.60.